The van der Waals surface area contributed by atoms with E-state index in [1.165, 1.54) is 0 Å². The van der Waals surface area contributed by atoms with Crippen LogP contribution < -0.4 is 5.32 Å². The highest BCUT2D eigenvalue weighted by Crippen LogP contribution is 2.21. The van der Waals surface area contributed by atoms with Gasteiger partial charge in [0.15, 0.2) is 5.82 Å². The van der Waals surface area contributed by atoms with Gasteiger partial charge in [0.05, 0.1) is 6.61 Å². The maximum absolute atomic E-state index is 13.2. The van der Waals surface area contributed by atoms with E-state index in [2.05, 4.69) is 10.3 Å². The highest BCUT2D eigenvalue weighted by molar-refractivity contribution is 5.94. The van der Waals surface area contributed by atoms with Crippen LogP contribution in [0.4, 0.5) is 10.2 Å². The first kappa shape index (κ1) is 14.2. The summed E-state index contributed by atoms with van der Waals surface area (Å²) in [5, 5.41) is 11.9. The maximum atomic E-state index is 13.2. The van der Waals surface area contributed by atoms with Gasteiger partial charge < -0.3 is 15.2 Å². The smallest absolute Gasteiger partial charge is 0.342 e. The number of unbranched alkanes of at least 4 members (excludes halogenated alkanes) is 1. The predicted molar refractivity (Wildman–Crippen MR) is 65.2 cm³/mol. The lowest BCUT2D eigenvalue weighted by molar-refractivity contribution is 0.0500. The summed E-state index contributed by atoms with van der Waals surface area (Å²) in [7, 11) is 0. The quantitative estimate of drug-likeness (QED) is 0.603. The number of hydrogen-bond acceptors (Lipinski definition) is 5. The van der Waals surface area contributed by atoms with Gasteiger partial charge in [-0.15, -0.1) is 0 Å². The minimum atomic E-state index is -0.945. The topological polar surface area (TPSA) is 71.5 Å². The van der Waals surface area contributed by atoms with Crippen LogP contribution in [0.5, 0.6) is 5.88 Å². The summed E-state index contributed by atoms with van der Waals surface area (Å²) in [6.07, 6.45) is 1.64. The number of anilines is 1. The molecule has 1 heterocycles. The number of carbonyl (C=O) groups is 1. The lowest BCUT2D eigenvalue weighted by Gasteiger charge is -2.10. The fourth-order valence-electron chi connectivity index (χ4n) is 1.32. The molecular formula is C12H17FN2O3. The van der Waals surface area contributed by atoms with Gasteiger partial charge in [-0.1, -0.05) is 13.3 Å². The van der Waals surface area contributed by atoms with E-state index in [0.29, 0.717) is 6.54 Å². The monoisotopic (exact) mass is 256 g/mol. The number of rotatable bonds is 6. The van der Waals surface area contributed by atoms with Crippen molar-refractivity contribution in [3.63, 3.8) is 0 Å². The molecule has 0 spiro atoms. The maximum Gasteiger partial charge on any atom is 0.342 e. The van der Waals surface area contributed by atoms with E-state index in [4.69, 9.17) is 9.84 Å². The lowest BCUT2D eigenvalue weighted by atomic mass is 10.2. The molecule has 18 heavy (non-hydrogen) atoms. The summed E-state index contributed by atoms with van der Waals surface area (Å²) in [6.45, 7) is 4.55. The molecule has 0 aromatic carbocycles. The molecule has 1 rings (SSSR count). The minimum absolute atomic E-state index is 0.0109. The highest BCUT2D eigenvalue weighted by atomic mass is 19.1. The Bertz CT molecular complexity index is 424. The Labute approximate surface area is 105 Å². The number of carbonyl (C=O) groups excluding carboxylic acids is 1. The van der Waals surface area contributed by atoms with Crippen LogP contribution in [0.3, 0.4) is 0 Å². The Balaban J connectivity index is 2.91. The number of nitrogens with one attached hydrogen (secondary N) is 1. The fourth-order valence-corrected chi connectivity index (χ4v) is 1.32. The highest BCUT2D eigenvalue weighted by Gasteiger charge is 2.18. The van der Waals surface area contributed by atoms with E-state index in [1.54, 1.807) is 6.92 Å². The van der Waals surface area contributed by atoms with Gasteiger partial charge in [0.25, 0.3) is 0 Å². The number of aromatic hydroxyl groups is 1. The Kier molecular flexibility index (Phi) is 5.35. The van der Waals surface area contributed by atoms with Gasteiger partial charge in [0.1, 0.15) is 11.4 Å². The van der Waals surface area contributed by atoms with Crippen LogP contribution >= 0.6 is 0 Å². The number of nitrogens with zero attached hydrogens (tertiary/aromatic N) is 1. The summed E-state index contributed by atoms with van der Waals surface area (Å²) in [5.74, 6) is -2.21. The van der Waals surface area contributed by atoms with Crippen molar-refractivity contribution in [3.8, 4) is 5.88 Å². The predicted octanol–water partition coefficient (Wildman–Crippen LogP) is 2.32. The van der Waals surface area contributed by atoms with Crippen LogP contribution in [0.2, 0.25) is 0 Å². The Hall–Kier alpha value is -1.85. The van der Waals surface area contributed by atoms with Crippen molar-refractivity contribution in [2.24, 2.45) is 0 Å². The summed E-state index contributed by atoms with van der Waals surface area (Å²) < 4.78 is 18.2. The van der Waals surface area contributed by atoms with E-state index in [9.17, 15) is 9.18 Å². The van der Waals surface area contributed by atoms with Crippen LogP contribution in [0, 0.1) is 5.82 Å². The number of halogens is 1. The molecule has 0 atom stereocenters. The molecule has 0 bridgehead atoms. The fraction of sp³-hybridized carbons (Fsp3) is 0.500. The van der Waals surface area contributed by atoms with Crippen molar-refractivity contribution in [3.05, 3.63) is 17.4 Å². The molecule has 0 amide bonds. The summed E-state index contributed by atoms with van der Waals surface area (Å²) >= 11 is 0. The third kappa shape index (κ3) is 3.58. The molecule has 0 aliphatic heterocycles. The van der Waals surface area contributed by atoms with Crippen molar-refractivity contribution in [2.45, 2.75) is 26.7 Å². The molecule has 1 aromatic rings. The molecule has 0 saturated heterocycles. The zero-order valence-electron chi connectivity index (χ0n) is 10.5. The number of hydrogen-bond donors (Lipinski definition) is 2. The third-order valence-electron chi connectivity index (χ3n) is 2.25. The van der Waals surface area contributed by atoms with Crippen LogP contribution in [-0.2, 0) is 4.74 Å². The Morgan fingerprint density at radius 3 is 2.89 bits per heavy atom. The molecule has 100 valence electrons. The Morgan fingerprint density at radius 1 is 1.56 bits per heavy atom. The van der Waals surface area contributed by atoms with Gasteiger partial charge in [-0.25, -0.2) is 9.18 Å². The second-order valence-electron chi connectivity index (χ2n) is 3.71. The van der Waals surface area contributed by atoms with E-state index in [-0.39, 0.29) is 18.0 Å². The second-order valence-corrected chi connectivity index (χ2v) is 3.71. The zero-order chi connectivity index (χ0) is 13.5. The van der Waals surface area contributed by atoms with Gasteiger partial charge in [-0.05, 0) is 19.4 Å². The van der Waals surface area contributed by atoms with Gasteiger partial charge in [-0.2, -0.15) is 4.98 Å². The van der Waals surface area contributed by atoms with Crippen LogP contribution in [0.1, 0.15) is 37.0 Å². The standard InChI is InChI=1S/C12H17FN2O3/c1-3-5-6-18-12(17)8-7-9(13)11(16)15-10(8)14-4-2/h7H,3-6H2,1-2H3,(H2,14,15,16). The molecule has 0 fully saturated rings. The van der Waals surface area contributed by atoms with Gasteiger partial charge >= 0.3 is 5.97 Å². The van der Waals surface area contributed by atoms with E-state index < -0.39 is 17.7 Å². The minimum Gasteiger partial charge on any atom is -0.491 e. The van der Waals surface area contributed by atoms with E-state index >= 15 is 0 Å². The lowest BCUT2D eigenvalue weighted by Crippen LogP contribution is -2.12. The molecule has 1 aromatic heterocycles. The largest absolute Gasteiger partial charge is 0.491 e. The van der Waals surface area contributed by atoms with Crippen LogP contribution in [-0.4, -0.2) is 29.2 Å². The summed E-state index contributed by atoms with van der Waals surface area (Å²) in [4.78, 5) is 15.3. The number of ether oxygens (including phenoxy) is 1. The summed E-state index contributed by atoms with van der Waals surface area (Å²) in [5.41, 5.74) is -0.0109. The van der Waals surface area contributed by atoms with Crippen LogP contribution in [0.15, 0.2) is 6.07 Å². The molecule has 0 aliphatic rings. The molecule has 2 N–H and O–H groups in total. The number of aromatic nitrogens is 1. The van der Waals surface area contributed by atoms with Crippen molar-refractivity contribution >= 4 is 11.8 Å². The number of esters is 1. The molecular weight excluding hydrogens is 239 g/mol. The molecule has 0 saturated carbocycles. The molecule has 6 heteroatoms. The molecule has 0 aliphatic carbocycles. The molecule has 0 radical (unpaired) electrons. The Morgan fingerprint density at radius 2 is 2.28 bits per heavy atom. The van der Waals surface area contributed by atoms with Gasteiger partial charge in [0.2, 0.25) is 5.88 Å². The third-order valence-corrected chi connectivity index (χ3v) is 2.25. The summed E-state index contributed by atoms with van der Waals surface area (Å²) in [6, 6.07) is 0.925. The van der Waals surface area contributed by atoms with Crippen molar-refractivity contribution < 1.29 is 19.0 Å². The van der Waals surface area contributed by atoms with Crippen molar-refractivity contribution in [1.82, 2.24) is 4.98 Å². The van der Waals surface area contributed by atoms with Crippen molar-refractivity contribution in [2.75, 3.05) is 18.5 Å². The first-order valence-electron chi connectivity index (χ1n) is 5.90. The zero-order valence-corrected chi connectivity index (χ0v) is 10.5. The second kappa shape index (κ2) is 6.78. The SMILES string of the molecule is CCCCOC(=O)c1cc(F)c(O)nc1NCC. The first-order chi connectivity index (χ1) is 8.60. The van der Waals surface area contributed by atoms with E-state index in [1.807, 2.05) is 6.92 Å². The van der Waals surface area contributed by atoms with Crippen LogP contribution in [0.25, 0.3) is 0 Å². The number of pyridine rings is 1. The van der Waals surface area contributed by atoms with E-state index in [0.717, 1.165) is 18.9 Å². The van der Waals surface area contributed by atoms with Crippen molar-refractivity contribution in [1.29, 1.82) is 0 Å². The molecule has 0 unspecified atom stereocenters. The average molecular weight is 256 g/mol. The van der Waals surface area contributed by atoms with Gasteiger partial charge in [-0.3, -0.25) is 0 Å². The average Bonchev–Trinajstić information content (AvgIpc) is 2.34. The first-order valence-corrected chi connectivity index (χ1v) is 5.90. The normalized spacial score (nSPS) is 10.2. The van der Waals surface area contributed by atoms with Gasteiger partial charge in [0, 0.05) is 6.54 Å². The molecule has 5 nitrogen and oxygen atoms in total.